The molecule has 0 saturated heterocycles. The van der Waals surface area contributed by atoms with E-state index < -0.39 is 0 Å². The first-order chi connectivity index (χ1) is 14.1. The highest BCUT2D eigenvalue weighted by Gasteiger charge is 2.43. The van der Waals surface area contributed by atoms with Gasteiger partial charge in [0.05, 0.1) is 5.69 Å². The zero-order chi connectivity index (χ0) is 20.4. The van der Waals surface area contributed by atoms with E-state index in [0.717, 1.165) is 33.4 Å². The van der Waals surface area contributed by atoms with Crippen LogP contribution in [0.3, 0.4) is 0 Å². The van der Waals surface area contributed by atoms with Crippen molar-refractivity contribution in [3.05, 3.63) is 40.6 Å². The zero-order valence-corrected chi connectivity index (χ0v) is 18.0. The van der Waals surface area contributed by atoms with E-state index in [9.17, 15) is 9.59 Å². The largest absolute Gasteiger partial charge is 0.326 e. The minimum atomic E-state index is -0.319. The molecule has 7 nitrogen and oxygen atoms in total. The fourth-order valence-electron chi connectivity index (χ4n) is 3.55. The van der Waals surface area contributed by atoms with Crippen LogP contribution >= 0.6 is 23.1 Å². The molecule has 9 heteroatoms. The van der Waals surface area contributed by atoms with Gasteiger partial charge in [-0.3, -0.25) is 24.8 Å². The van der Waals surface area contributed by atoms with E-state index in [1.54, 1.807) is 11.8 Å². The Kier molecular flexibility index (Phi) is 5.77. The van der Waals surface area contributed by atoms with E-state index in [1.165, 1.54) is 11.3 Å². The van der Waals surface area contributed by atoms with Gasteiger partial charge in [0, 0.05) is 30.0 Å². The Morgan fingerprint density at radius 3 is 3.03 bits per heavy atom. The number of amides is 2. The summed E-state index contributed by atoms with van der Waals surface area (Å²) in [4.78, 5) is 30.9. The molecular weight excluding hydrogens is 406 g/mol. The fraction of sp³-hybridized carbons (Fsp3) is 0.350. The zero-order valence-electron chi connectivity index (χ0n) is 16.3. The van der Waals surface area contributed by atoms with Gasteiger partial charge in [0.15, 0.2) is 0 Å². The van der Waals surface area contributed by atoms with Gasteiger partial charge in [0.25, 0.3) is 5.91 Å². The third-order valence-corrected chi connectivity index (χ3v) is 6.50. The Labute approximate surface area is 178 Å². The second kappa shape index (κ2) is 8.46. The number of carbonyl (C=O) groups excluding carboxylic acids is 2. The van der Waals surface area contributed by atoms with Crippen molar-refractivity contribution in [1.29, 1.82) is 0 Å². The third-order valence-electron chi connectivity index (χ3n) is 4.88. The molecule has 0 bridgehead atoms. The van der Waals surface area contributed by atoms with Crippen LogP contribution in [0.25, 0.3) is 0 Å². The first-order valence-electron chi connectivity index (χ1n) is 9.56. The predicted octanol–water partition coefficient (Wildman–Crippen LogP) is 3.76. The minimum Gasteiger partial charge on any atom is -0.326 e. The summed E-state index contributed by atoms with van der Waals surface area (Å²) in [6.45, 7) is 2.70. The molecule has 2 amide bonds. The second-order valence-corrected chi connectivity index (χ2v) is 8.61. The van der Waals surface area contributed by atoms with Gasteiger partial charge in [0.1, 0.15) is 10.7 Å². The van der Waals surface area contributed by atoms with Crippen molar-refractivity contribution in [3.63, 3.8) is 0 Å². The number of nitrogens with zero attached hydrogens (tertiary/aromatic N) is 3. The van der Waals surface area contributed by atoms with E-state index in [-0.39, 0.29) is 18.1 Å². The normalized spacial score (nSPS) is 17.5. The van der Waals surface area contributed by atoms with Crippen LogP contribution in [0.1, 0.15) is 35.9 Å². The van der Waals surface area contributed by atoms with Crippen molar-refractivity contribution in [2.24, 2.45) is 5.10 Å². The number of fused-ring (bicyclic) bond motifs is 3. The van der Waals surface area contributed by atoms with Crippen LogP contribution < -0.4 is 15.6 Å². The molecule has 1 aromatic heterocycles. The van der Waals surface area contributed by atoms with Gasteiger partial charge < -0.3 is 5.32 Å². The molecule has 29 heavy (non-hydrogen) atoms. The molecule has 2 aromatic rings. The van der Waals surface area contributed by atoms with Crippen LogP contribution in [0, 0.1) is 0 Å². The average molecular weight is 430 g/mol. The molecule has 1 aromatic carbocycles. The maximum Gasteiger partial charge on any atom is 0.269 e. The van der Waals surface area contributed by atoms with Gasteiger partial charge in [-0.25, -0.2) is 0 Å². The number of hydrogen-bond acceptors (Lipinski definition) is 7. The van der Waals surface area contributed by atoms with Crippen LogP contribution in [0.5, 0.6) is 0 Å². The smallest absolute Gasteiger partial charge is 0.269 e. The maximum absolute atomic E-state index is 12.8. The van der Waals surface area contributed by atoms with Crippen LogP contribution in [-0.2, 0) is 4.79 Å². The Bertz CT molecular complexity index is 958. The number of thiophene rings is 1. The first kappa shape index (κ1) is 19.8. The van der Waals surface area contributed by atoms with Crippen molar-refractivity contribution in [1.82, 2.24) is 10.3 Å². The van der Waals surface area contributed by atoms with Gasteiger partial charge in [-0.15, -0.1) is 23.1 Å². The Hall–Kier alpha value is -2.52. The molecule has 4 rings (SSSR count). The lowest BCUT2D eigenvalue weighted by Crippen LogP contribution is -2.58. The summed E-state index contributed by atoms with van der Waals surface area (Å²) in [5.74, 6) is 0.753. The average Bonchev–Trinajstić information content (AvgIpc) is 3.36. The van der Waals surface area contributed by atoms with Crippen molar-refractivity contribution in [3.8, 4) is 0 Å². The minimum absolute atomic E-state index is 0.0356. The molecule has 0 fully saturated rings. The molecule has 2 aliphatic heterocycles. The summed E-state index contributed by atoms with van der Waals surface area (Å²) in [6, 6.07) is 9.74. The van der Waals surface area contributed by atoms with Crippen LogP contribution in [0.2, 0.25) is 0 Å². The van der Waals surface area contributed by atoms with E-state index in [2.05, 4.69) is 22.8 Å². The monoisotopic (exact) mass is 429 g/mol. The summed E-state index contributed by atoms with van der Waals surface area (Å²) < 4.78 is 0. The standard InChI is InChI=1S/C20H23N5O2S2/c1-3-10-24-19(27)18-15(9-11-29-18)25-16(22-23-20(24)25)7-8-17(26)21-13-5-4-6-14(12-13)28-2/h4-6,9,11-12,20,23H,3,7-8,10H2,1-2H3,(H,21,26). The number of benzene rings is 1. The summed E-state index contributed by atoms with van der Waals surface area (Å²) in [5.41, 5.74) is 4.75. The highest BCUT2D eigenvalue weighted by Crippen LogP contribution is 2.36. The molecule has 2 aliphatic rings. The molecule has 0 aliphatic carbocycles. The molecule has 0 radical (unpaired) electrons. The van der Waals surface area contributed by atoms with Gasteiger partial charge in [-0.1, -0.05) is 13.0 Å². The van der Waals surface area contributed by atoms with Crippen LogP contribution in [0.15, 0.2) is 45.7 Å². The van der Waals surface area contributed by atoms with E-state index in [1.807, 2.05) is 51.8 Å². The number of amidine groups is 1. The SMILES string of the molecule is CCCN1C(=O)c2sccc2N2C(CCC(=O)Nc3cccc(SC)c3)=NNC12. The lowest BCUT2D eigenvalue weighted by atomic mass is 10.2. The summed E-state index contributed by atoms with van der Waals surface area (Å²) >= 11 is 3.09. The quantitative estimate of drug-likeness (QED) is 0.656. The first-order valence-corrected chi connectivity index (χ1v) is 11.7. The molecule has 152 valence electrons. The summed E-state index contributed by atoms with van der Waals surface area (Å²) in [6.07, 6.45) is 3.36. The third kappa shape index (κ3) is 3.84. The molecule has 2 N–H and O–H groups in total. The number of anilines is 2. The maximum atomic E-state index is 12.8. The number of rotatable bonds is 7. The number of hydrazone groups is 1. The van der Waals surface area contributed by atoms with E-state index in [0.29, 0.717) is 19.4 Å². The topological polar surface area (TPSA) is 77.0 Å². The molecular formula is C20H23N5O2S2. The van der Waals surface area contributed by atoms with Crippen molar-refractivity contribution in [2.45, 2.75) is 37.4 Å². The number of thioether (sulfide) groups is 1. The molecule has 3 heterocycles. The lowest BCUT2D eigenvalue weighted by Gasteiger charge is -2.39. The van der Waals surface area contributed by atoms with Crippen molar-refractivity contribution < 1.29 is 9.59 Å². The van der Waals surface area contributed by atoms with Gasteiger partial charge in [0.2, 0.25) is 12.2 Å². The Morgan fingerprint density at radius 2 is 2.24 bits per heavy atom. The van der Waals surface area contributed by atoms with Crippen molar-refractivity contribution in [2.75, 3.05) is 23.0 Å². The fourth-order valence-corrected chi connectivity index (χ4v) is 4.85. The molecule has 0 saturated carbocycles. The van der Waals surface area contributed by atoms with Crippen molar-refractivity contribution >= 4 is 52.1 Å². The predicted molar refractivity (Wildman–Crippen MR) is 119 cm³/mol. The van der Waals surface area contributed by atoms with Gasteiger partial charge in [-0.2, -0.15) is 5.10 Å². The molecule has 1 unspecified atom stereocenters. The number of carbonyl (C=O) groups is 2. The summed E-state index contributed by atoms with van der Waals surface area (Å²) in [5, 5.41) is 9.33. The Balaban J connectivity index is 1.44. The van der Waals surface area contributed by atoms with Crippen LogP contribution in [-0.4, -0.2) is 41.6 Å². The molecule has 1 atom stereocenters. The summed E-state index contributed by atoms with van der Waals surface area (Å²) in [7, 11) is 0. The van der Waals surface area contributed by atoms with Crippen LogP contribution in [0.4, 0.5) is 11.4 Å². The number of nitrogens with one attached hydrogen (secondary N) is 2. The van der Waals surface area contributed by atoms with E-state index in [4.69, 9.17) is 0 Å². The van der Waals surface area contributed by atoms with Gasteiger partial charge >= 0.3 is 0 Å². The lowest BCUT2D eigenvalue weighted by molar-refractivity contribution is -0.116. The highest BCUT2D eigenvalue weighted by atomic mass is 32.2. The second-order valence-electron chi connectivity index (χ2n) is 6.81. The van der Waals surface area contributed by atoms with E-state index >= 15 is 0 Å². The number of hydrogen-bond donors (Lipinski definition) is 2. The Morgan fingerprint density at radius 1 is 1.38 bits per heavy atom. The molecule has 0 spiro atoms. The highest BCUT2D eigenvalue weighted by molar-refractivity contribution is 7.98. The van der Waals surface area contributed by atoms with Gasteiger partial charge in [-0.05, 0) is 42.3 Å².